The highest BCUT2D eigenvalue weighted by Crippen LogP contribution is 2.21. The minimum absolute atomic E-state index is 0.0968. The molecule has 106 valence electrons. The summed E-state index contributed by atoms with van der Waals surface area (Å²) >= 11 is 0. The van der Waals surface area contributed by atoms with Crippen molar-refractivity contribution in [1.82, 2.24) is 0 Å². The van der Waals surface area contributed by atoms with Crippen molar-refractivity contribution in [3.8, 4) is 0 Å². The first kappa shape index (κ1) is 15.4. The van der Waals surface area contributed by atoms with Crippen LogP contribution in [0.3, 0.4) is 0 Å². The van der Waals surface area contributed by atoms with E-state index in [0.717, 1.165) is 18.2 Å². The maximum atomic E-state index is 12.9. The topological polar surface area (TPSA) is 46.5 Å². The molecule has 0 atom stereocenters. The Morgan fingerprint density at radius 1 is 1.32 bits per heavy atom. The van der Waals surface area contributed by atoms with E-state index in [-0.39, 0.29) is 30.8 Å². The van der Waals surface area contributed by atoms with Crippen molar-refractivity contribution >= 4 is 5.97 Å². The Kier molecular flexibility index (Phi) is 5.29. The molecular weight excluding hydrogens is 268 g/mol. The second-order valence-corrected chi connectivity index (χ2v) is 3.88. The lowest BCUT2D eigenvalue weighted by atomic mass is 10.1. The van der Waals surface area contributed by atoms with Gasteiger partial charge in [0.15, 0.2) is 0 Å². The summed E-state index contributed by atoms with van der Waals surface area (Å²) in [6.07, 6.45) is -5.43. The molecule has 7 heteroatoms. The lowest BCUT2D eigenvalue weighted by Gasteiger charge is -2.09. The van der Waals surface area contributed by atoms with Crippen molar-refractivity contribution in [2.45, 2.75) is 25.6 Å². The third kappa shape index (κ3) is 5.69. The van der Waals surface area contributed by atoms with Crippen LogP contribution >= 0.6 is 0 Å². The van der Waals surface area contributed by atoms with Gasteiger partial charge in [0.2, 0.25) is 0 Å². The Hall–Kier alpha value is -1.63. The van der Waals surface area contributed by atoms with Gasteiger partial charge in [-0.05, 0) is 30.2 Å². The molecule has 0 radical (unpaired) electrons. The third-order valence-electron chi connectivity index (χ3n) is 2.30. The summed E-state index contributed by atoms with van der Waals surface area (Å²) in [6.45, 7) is -0.410. The quantitative estimate of drug-likeness (QED) is 0.642. The number of halogens is 4. The smallest absolute Gasteiger partial charge is 0.389 e. The van der Waals surface area contributed by atoms with Crippen LogP contribution in [0.25, 0.3) is 0 Å². The fraction of sp³-hybridized carbons (Fsp3) is 0.417. The van der Waals surface area contributed by atoms with E-state index < -0.39 is 24.4 Å². The fourth-order valence-corrected chi connectivity index (χ4v) is 1.45. The van der Waals surface area contributed by atoms with Crippen LogP contribution in [-0.4, -0.2) is 23.9 Å². The van der Waals surface area contributed by atoms with Crippen LogP contribution in [0, 0.1) is 5.82 Å². The van der Waals surface area contributed by atoms with Gasteiger partial charge in [-0.3, -0.25) is 0 Å². The van der Waals surface area contributed by atoms with E-state index >= 15 is 0 Å². The highest BCUT2D eigenvalue weighted by molar-refractivity contribution is 5.89. The van der Waals surface area contributed by atoms with E-state index in [1.165, 1.54) is 0 Å². The maximum absolute atomic E-state index is 12.9. The minimum Gasteiger partial charge on any atom is -0.478 e. The number of hydrogen-bond donors (Lipinski definition) is 1. The lowest BCUT2D eigenvalue weighted by molar-refractivity contribution is -0.138. The van der Waals surface area contributed by atoms with Crippen LogP contribution < -0.4 is 0 Å². The first-order valence-corrected chi connectivity index (χ1v) is 5.46. The molecule has 0 aromatic heterocycles. The van der Waals surface area contributed by atoms with Gasteiger partial charge in [-0.25, -0.2) is 9.18 Å². The molecular formula is C12H12F4O3. The molecule has 0 saturated heterocycles. The summed E-state index contributed by atoms with van der Waals surface area (Å²) in [5.74, 6) is -1.87. The molecule has 3 nitrogen and oxygen atoms in total. The van der Waals surface area contributed by atoms with Crippen molar-refractivity contribution in [3.63, 3.8) is 0 Å². The number of rotatable bonds is 6. The minimum atomic E-state index is -4.24. The summed E-state index contributed by atoms with van der Waals surface area (Å²) in [5, 5.41) is 8.84. The summed E-state index contributed by atoms with van der Waals surface area (Å²) in [4.78, 5) is 10.8. The van der Waals surface area contributed by atoms with Gasteiger partial charge < -0.3 is 9.84 Å². The first-order valence-electron chi connectivity index (χ1n) is 5.46. The molecule has 0 unspecified atom stereocenters. The number of benzene rings is 1. The van der Waals surface area contributed by atoms with Gasteiger partial charge in [0.05, 0.1) is 12.2 Å². The summed E-state index contributed by atoms with van der Waals surface area (Å²) < 4.78 is 53.4. The van der Waals surface area contributed by atoms with Gasteiger partial charge in [0.25, 0.3) is 0 Å². The Morgan fingerprint density at radius 3 is 2.58 bits per heavy atom. The zero-order valence-electron chi connectivity index (χ0n) is 9.84. The summed E-state index contributed by atoms with van der Waals surface area (Å²) in [7, 11) is 0. The fourth-order valence-electron chi connectivity index (χ4n) is 1.45. The zero-order valence-corrected chi connectivity index (χ0v) is 9.84. The number of hydrogen-bond acceptors (Lipinski definition) is 2. The van der Waals surface area contributed by atoms with Crippen LogP contribution in [0.1, 0.15) is 28.8 Å². The van der Waals surface area contributed by atoms with Crippen LogP contribution in [0.15, 0.2) is 18.2 Å². The predicted octanol–water partition coefficient (Wildman–Crippen LogP) is 3.38. The van der Waals surface area contributed by atoms with Crippen LogP contribution in [0.4, 0.5) is 17.6 Å². The van der Waals surface area contributed by atoms with Gasteiger partial charge in [0, 0.05) is 13.0 Å². The molecule has 0 spiro atoms. The van der Waals surface area contributed by atoms with Gasteiger partial charge in [-0.2, -0.15) is 13.2 Å². The molecule has 19 heavy (non-hydrogen) atoms. The van der Waals surface area contributed by atoms with Crippen LogP contribution in [-0.2, 0) is 11.3 Å². The molecule has 1 rings (SSSR count). The predicted molar refractivity (Wildman–Crippen MR) is 58.3 cm³/mol. The number of carbonyl (C=O) groups is 1. The normalized spacial score (nSPS) is 11.6. The Bertz CT molecular complexity index is 443. The molecule has 0 heterocycles. The molecule has 0 aliphatic heterocycles. The average Bonchev–Trinajstić information content (AvgIpc) is 2.26. The average molecular weight is 280 g/mol. The van der Waals surface area contributed by atoms with Crippen molar-refractivity contribution in [1.29, 1.82) is 0 Å². The van der Waals surface area contributed by atoms with E-state index in [9.17, 15) is 22.4 Å². The zero-order chi connectivity index (χ0) is 14.5. The monoisotopic (exact) mass is 280 g/mol. The standard InChI is InChI=1S/C12H12F4O3/c13-9-2-3-10(11(17)18)8(6-9)7-19-5-1-4-12(14,15)16/h2-3,6H,1,4-5,7H2,(H,17,18). The Morgan fingerprint density at radius 2 is 2.00 bits per heavy atom. The number of ether oxygens (including phenoxy) is 1. The van der Waals surface area contributed by atoms with Crippen molar-refractivity contribution in [2.75, 3.05) is 6.61 Å². The van der Waals surface area contributed by atoms with Crippen molar-refractivity contribution in [2.24, 2.45) is 0 Å². The second kappa shape index (κ2) is 6.51. The molecule has 0 fully saturated rings. The van der Waals surface area contributed by atoms with E-state index in [4.69, 9.17) is 9.84 Å². The number of aromatic carboxylic acids is 1. The van der Waals surface area contributed by atoms with Crippen LogP contribution in [0.2, 0.25) is 0 Å². The van der Waals surface area contributed by atoms with Crippen molar-refractivity contribution < 1.29 is 32.2 Å². The molecule has 1 N–H and O–H groups in total. The van der Waals surface area contributed by atoms with E-state index in [0.29, 0.717) is 0 Å². The highest BCUT2D eigenvalue weighted by atomic mass is 19.4. The molecule has 0 aliphatic rings. The summed E-state index contributed by atoms with van der Waals surface area (Å²) in [6, 6.07) is 3.08. The molecule has 0 aliphatic carbocycles. The molecule has 0 bridgehead atoms. The van der Waals surface area contributed by atoms with E-state index in [2.05, 4.69) is 0 Å². The lowest BCUT2D eigenvalue weighted by Crippen LogP contribution is -2.09. The number of carboxylic acid groups (broad SMARTS) is 1. The van der Waals surface area contributed by atoms with Crippen LogP contribution in [0.5, 0.6) is 0 Å². The van der Waals surface area contributed by atoms with Gasteiger partial charge in [0.1, 0.15) is 5.82 Å². The third-order valence-corrected chi connectivity index (χ3v) is 2.30. The Balaban J connectivity index is 2.49. The maximum Gasteiger partial charge on any atom is 0.389 e. The second-order valence-electron chi connectivity index (χ2n) is 3.88. The Labute approximate surface area is 106 Å². The molecule has 1 aromatic rings. The molecule has 1 aromatic carbocycles. The van der Waals surface area contributed by atoms with Gasteiger partial charge in [-0.15, -0.1) is 0 Å². The van der Waals surface area contributed by atoms with Gasteiger partial charge in [-0.1, -0.05) is 0 Å². The number of alkyl halides is 3. The van der Waals surface area contributed by atoms with E-state index in [1.54, 1.807) is 0 Å². The highest BCUT2D eigenvalue weighted by Gasteiger charge is 2.25. The molecule has 0 saturated carbocycles. The van der Waals surface area contributed by atoms with Crippen molar-refractivity contribution in [3.05, 3.63) is 35.1 Å². The number of carboxylic acids is 1. The van der Waals surface area contributed by atoms with Gasteiger partial charge >= 0.3 is 12.1 Å². The first-order chi connectivity index (χ1) is 8.79. The van der Waals surface area contributed by atoms with E-state index in [1.807, 2.05) is 0 Å². The molecule has 0 amide bonds. The summed E-state index contributed by atoms with van der Waals surface area (Å²) in [5.41, 5.74) is -0.0308. The largest absolute Gasteiger partial charge is 0.478 e. The SMILES string of the molecule is O=C(O)c1ccc(F)cc1COCCCC(F)(F)F.